The van der Waals surface area contributed by atoms with E-state index in [9.17, 15) is 9.59 Å². The molecule has 0 unspecified atom stereocenters. The van der Waals surface area contributed by atoms with Gasteiger partial charge in [0.25, 0.3) is 0 Å². The zero-order valence-corrected chi connectivity index (χ0v) is 13.7. The highest BCUT2D eigenvalue weighted by Gasteiger charge is 2.33. The van der Waals surface area contributed by atoms with E-state index in [0.717, 1.165) is 43.5 Å². The van der Waals surface area contributed by atoms with Crippen LogP contribution in [0.4, 0.5) is 0 Å². The fourth-order valence-corrected chi connectivity index (χ4v) is 3.61. The molecule has 0 radical (unpaired) electrons. The van der Waals surface area contributed by atoms with E-state index in [1.165, 1.54) is 0 Å². The Kier molecular flexibility index (Phi) is 4.84. The number of carbonyl (C=O) groups is 2. The van der Waals surface area contributed by atoms with Gasteiger partial charge in [0.15, 0.2) is 0 Å². The SMILES string of the molecule is COc1ccccc1[C@H]1CCCN1C(=O)CN1CCCCC1=O. The lowest BCUT2D eigenvalue weighted by Gasteiger charge is -2.31. The number of piperidine rings is 1. The summed E-state index contributed by atoms with van der Waals surface area (Å²) in [5.74, 6) is 0.984. The number of benzene rings is 1. The topological polar surface area (TPSA) is 49.9 Å². The van der Waals surface area contributed by atoms with Crippen molar-refractivity contribution < 1.29 is 14.3 Å². The number of rotatable bonds is 4. The first-order valence-electron chi connectivity index (χ1n) is 8.41. The smallest absolute Gasteiger partial charge is 0.242 e. The van der Waals surface area contributed by atoms with Crippen molar-refractivity contribution >= 4 is 11.8 Å². The third-order valence-electron chi connectivity index (χ3n) is 4.82. The molecule has 2 aliphatic heterocycles. The molecule has 0 spiro atoms. The third kappa shape index (κ3) is 3.33. The summed E-state index contributed by atoms with van der Waals surface area (Å²) in [6.07, 6.45) is 4.44. The molecule has 2 amide bonds. The lowest BCUT2D eigenvalue weighted by atomic mass is 10.0. The number of nitrogens with zero attached hydrogens (tertiary/aromatic N) is 2. The van der Waals surface area contributed by atoms with Crippen LogP contribution in [0.25, 0.3) is 0 Å². The molecule has 1 aromatic carbocycles. The van der Waals surface area contributed by atoms with Gasteiger partial charge in [-0.2, -0.15) is 0 Å². The molecule has 2 aliphatic rings. The Hall–Kier alpha value is -2.04. The van der Waals surface area contributed by atoms with Crippen molar-refractivity contribution in [2.24, 2.45) is 0 Å². The second-order valence-electron chi connectivity index (χ2n) is 6.26. The van der Waals surface area contributed by atoms with Gasteiger partial charge in [0.1, 0.15) is 5.75 Å². The number of methoxy groups -OCH3 is 1. The van der Waals surface area contributed by atoms with Crippen LogP contribution in [0.5, 0.6) is 5.75 Å². The van der Waals surface area contributed by atoms with Crippen LogP contribution in [-0.2, 0) is 9.59 Å². The van der Waals surface area contributed by atoms with Gasteiger partial charge in [0.2, 0.25) is 11.8 Å². The summed E-state index contributed by atoms with van der Waals surface area (Å²) in [6.45, 7) is 1.67. The van der Waals surface area contributed by atoms with Crippen molar-refractivity contribution in [3.63, 3.8) is 0 Å². The van der Waals surface area contributed by atoms with Crippen LogP contribution in [-0.4, -0.2) is 48.4 Å². The highest BCUT2D eigenvalue weighted by atomic mass is 16.5. The molecule has 1 atom stereocenters. The molecule has 0 saturated carbocycles. The molecular weight excluding hydrogens is 292 g/mol. The monoisotopic (exact) mass is 316 g/mol. The largest absolute Gasteiger partial charge is 0.496 e. The number of carbonyl (C=O) groups excluding carboxylic acids is 2. The number of para-hydroxylation sites is 1. The van der Waals surface area contributed by atoms with E-state index in [1.807, 2.05) is 29.2 Å². The van der Waals surface area contributed by atoms with Gasteiger partial charge in [-0.1, -0.05) is 18.2 Å². The molecule has 0 N–H and O–H groups in total. The lowest BCUT2D eigenvalue weighted by Crippen LogP contribution is -2.44. The molecular formula is C18H24N2O3. The van der Waals surface area contributed by atoms with Crippen molar-refractivity contribution in [2.45, 2.75) is 38.1 Å². The van der Waals surface area contributed by atoms with E-state index in [0.29, 0.717) is 13.0 Å². The Morgan fingerprint density at radius 3 is 2.83 bits per heavy atom. The zero-order valence-electron chi connectivity index (χ0n) is 13.7. The summed E-state index contributed by atoms with van der Waals surface area (Å²) >= 11 is 0. The maximum atomic E-state index is 12.7. The van der Waals surface area contributed by atoms with Crippen molar-refractivity contribution in [1.82, 2.24) is 9.80 Å². The highest BCUT2D eigenvalue weighted by molar-refractivity contribution is 5.85. The Morgan fingerprint density at radius 1 is 1.22 bits per heavy atom. The molecule has 3 rings (SSSR count). The molecule has 2 saturated heterocycles. The Morgan fingerprint density at radius 2 is 2.04 bits per heavy atom. The van der Waals surface area contributed by atoms with Gasteiger partial charge in [-0.05, 0) is 31.7 Å². The van der Waals surface area contributed by atoms with Gasteiger partial charge in [-0.15, -0.1) is 0 Å². The minimum atomic E-state index is 0.0497. The average molecular weight is 316 g/mol. The summed E-state index contributed by atoms with van der Waals surface area (Å²) in [4.78, 5) is 28.3. The minimum absolute atomic E-state index is 0.0497. The van der Waals surface area contributed by atoms with E-state index in [-0.39, 0.29) is 24.4 Å². The first-order chi connectivity index (χ1) is 11.2. The summed E-state index contributed by atoms with van der Waals surface area (Å²) in [6, 6.07) is 7.94. The van der Waals surface area contributed by atoms with E-state index in [2.05, 4.69) is 0 Å². The number of ether oxygens (including phenoxy) is 1. The molecule has 0 aromatic heterocycles. The predicted molar refractivity (Wildman–Crippen MR) is 87.1 cm³/mol. The Labute approximate surface area is 137 Å². The van der Waals surface area contributed by atoms with Gasteiger partial charge < -0.3 is 14.5 Å². The molecule has 5 nitrogen and oxygen atoms in total. The van der Waals surface area contributed by atoms with Crippen LogP contribution in [0.3, 0.4) is 0 Å². The molecule has 2 heterocycles. The minimum Gasteiger partial charge on any atom is -0.496 e. The molecule has 0 aliphatic carbocycles. The van der Waals surface area contributed by atoms with E-state index in [4.69, 9.17) is 4.74 Å². The fourth-order valence-electron chi connectivity index (χ4n) is 3.61. The van der Waals surface area contributed by atoms with E-state index >= 15 is 0 Å². The van der Waals surface area contributed by atoms with Crippen LogP contribution in [0.15, 0.2) is 24.3 Å². The average Bonchev–Trinajstić information content (AvgIpc) is 3.06. The predicted octanol–water partition coefficient (Wildman–Crippen LogP) is 2.37. The van der Waals surface area contributed by atoms with Gasteiger partial charge >= 0.3 is 0 Å². The van der Waals surface area contributed by atoms with Crippen LogP contribution < -0.4 is 4.74 Å². The van der Waals surface area contributed by atoms with Crippen LogP contribution >= 0.6 is 0 Å². The molecule has 1 aromatic rings. The van der Waals surface area contributed by atoms with Crippen molar-refractivity contribution in [3.05, 3.63) is 29.8 Å². The van der Waals surface area contributed by atoms with Crippen molar-refractivity contribution in [3.8, 4) is 5.75 Å². The third-order valence-corrected chi connectivity index (χ3v) is 4.82. The summed E-state index contributed by atoms with van der Waals surface area (Å²) in [5, 5.41) is 0. The zero-order chi connectivity index (χ0) is 16.2. The van der Waals surface area contributed by atoms with Crippen molar-refractivity contribution in [2.75, 3.05) is 26.7 Å². The van der Waals surface area contributed by atoms with Gasteiger partial charge in [-0.25, -0.2) is 0 Å². The van der Waals surface area contributed by atoms with Crippen LogP contribution in [0, 0.1) is 0 Å². The molecule has 124 valence electrons. The van der Waals surface area contributed by atoms with Crippen LogP contribution in [0.1, 0.15) is 43.7 Å². The van der Waals surface area contributed by atoms with Crippen molar-refractivity contribution in [1.29, 1.82) is 0 Å². The Bertz CT molecular complexity index is 587. The summed E-state index contributed by atoms with van der Waals surface area (Å²) in [7, 11) is 1.66. The quantitative estimate of drug-likeness (QED) is 0.857. The maximum Gasteiger partial charge on any atom is 0.242 e. The lowest BCUT2D eigenvalue weighted by molar-refractivity contribution is -0.142. The second kappa shape index (κ2) is 7.02. The number of hydrogen-bond donors (Lipinski definition) is 0. The first kappa shape index (κ1) is 15.8. The summed E-state index contributed by atoms with van der Waals surface area (Å²) < 4.78 is 5.45. The van der Waals surface area contributed by atoms with E-state index < -0.39 is 0 Å². The normalized spacial score (nSPS) is 21.6. The number of amides is 2. The maximum absolute atomic E-state index is 12.7. The van der Waals surface area contributed by atoms with Gasteiger partial charge in [0.05, 0.1) is 19.7 Å². The first-order valence-corrected chi connectivity index (χ1v) is 8.41. The number of likely N-dealkylation sites (tertiary alicyclic amines) is 2. The molecule has 23 heavy (non-hydrogen) atoms. The highest BCUT2D eigenvalue weighted by Crippen LogP contribution is 2.36. The second-order valence-corrected chi connectivity index (χ2v) is 6.26. The standard InChI is InChI=1S/C18H24N2O3/c1-23-16-9-3-2-7-14(16)15-8-6-12-20(15)18(22)13-19-11-5-4-10-17(19)21/h2-3,7,9,15H,4-6,8,10-13H2,1H3/t15-/m1/s1. The van der Waals surface area contributed by atoms with Gasteiger partial charge in [0, 0.05) is 25.1 Å². The molecule has 5 heteroatoms. The fraction of sp³-hybridized carbons (Fsp3) is 0.556. The summed E-state index contributed by atoms with van der Waals surface area (Å²) in [5.41, 5.74) is 1.06. The van der Waals surface area contributed by atoms with E-state index in [1.54, 1.807) is 12.0 Å². The van der Waals surface area contributed by atoms with Gasteiger partial charge in [-0.3, -0.25) is 9.59 Å². The number of hydrogen-bond acceptors (Lipinski definition) is 3. The Balaban J connectivity index is 1.73. The van der Waals surface area contributed by atoms with Crippen LogP contribution in [0.2, 0.25) is 0 Å². The molecule has 0 bridgehead atoms. The molecule has 2 fully saturated rings.